The van der Waals surface area contributed by atoms with Crippen LogP contribution in [0, 0.1) is 13.5 Å². The zero-order valence-electron chi connectivity index (χ0n) is 10.3. The number of aliphatic hydroxyl groups is 1. The number of hydrogen-bond donors (Lipinski definition) is 2. The van der Waals surface area contributed by atoms with Crippen molar-refractivity contribution in [1.29, 1.82) is 0 Å². The number of nitrogens with one attached hydrogen (secondary N) is 1. The number of alkyl halides is 3. The van der Waals surface area contributed by atoms with E-state index in [4.69, 9.17) is 6.57 Å². The molecule has 2 rings (SSSR count). The van der Waals surface area contributed by atoms with Gasteiger partial charge in [-0.15, -0.1) is 0 Å². The Bertz CT molecular complexity index is 677. The number of halogens is 3. The summed E-state index contributed by atoms with van der Waals surface area (Å²) in [5.41, 5.74) is -1.77. The number of hydrogen-bond acceptors (Lipinski definition) is 1. The summed E-state index contributed by atoms with van der Waals surface area (Å²) in [6, 6.07) is 4.32. The molecule has 1 aromatic heterocycles. The minimum absolute atomic E-state index is 0.337. The number of nitrogens with zero attached hydrogens (tertiary/aromatic N) is 1. The standard InChI is InChI=1S/C13H11F3N2O/c1-7-4-10-8(5-9(7)17-3)6-11(18-10)12(2,19)13(14,15)16/h4-6,18-19H,1-2H3. The maximum atomic E-state index is 12.8. The van der Waals surface area contributed by atoms with Crippen molar-refractivity contribution in [1.82, 2.24) is 4.98 Å². The second kappa shape index (κ2) is 4.00. The summed E-state index contributed by atoms with van der Waals surface area (Å²) in [5.74, 6) is 0. The average Bonchev–Trinajstić information content (AvgIpc) is 2.69. The topological polar surface area (TPSA) is 40.4 Å². The van der Waals surface area contributed by atoms with Crippen molar-refractivity contribution in [3.63, 3.8) is 0 Å². The van der Waals surface area contributed by atoms with Gasteiger partial charge < -0.3 is 10.1 Å². The maximum Gasteiger partial charge on any atom is 0.422 e. The van der Waals surface area contributed by atoms with E-state index in [0.29, 0.717) is 29.1 Å². The molecule has 19 heavy (non-hydrogen) atoms. The Morgan fingerprint density at radius 2 is 1.89 bits per heavy atom. The maximum absolute atomic E-state index is 12.8. The molecule has 1 aromatic carbocycles. The highest BCUT2D eigenvalue weighted by molar-refractivity contribution is 5.86. The third kappa shape index (κ3) is 2.06. The largest absolute Gasteiger partial charge is 0.422 e. The molecule has 0 saturated heterocycles. The quantitative estimate of drug-likeness (QED) is 0.759. The van der Waals surface area contributed by atoms with Gasteiger partial charge >= 0.3 is 6.18 Å². The summed E-state index contributed by atoms with van der Waals surface area (Å²) in [6.45, 7) is 9.37. The summed E-state index contributed by atoms with van der Waals surface area (Å²) in [7, 11) is 0. The molecule has 0 bridgehead atoms. The zero-order chi connectivity index (χ0) is 14.4. The lowest BCUT2D eigenvalue weighted by Gasteiger charge is -2.24. The normalized spacial score (nSPS) is 15.2. The minimum Gasteiger partial charge on any atom is -0.375 e. The monoisotopic (exact) mass is 268 g/mol. The molecule has 6 heteroatoms. The molecule has 100 valence electrons. The van der Waals surface area contributed by atoms with E-state index in [9.17, 15) is 18.3 Å². The third-order valence-corrected chi connectivity index (χ3v) is 3.13. The Morgan fingerprint density at radius 3 is 2.42 bits per heavy atom. The van der Waals surface area contributed by atoms with Gasteiger partial charge in [-0.2, -0.15) is 13.2 Å². The molecule has 2 aromatic rings. The van der Waals surface area contributed by atoms with Crippen LogP contribution in [0.5, 0.6) is 0 Å². The highest BCUT2D eigenvalue weighted by Gasteiger charge is 2.52. The van der Waals surface area contributed by atoms with Crippen molar-refractivity contribution in [2.24, 2.45) is 0 Å². The molecular weight excluding hydrogens is 257 g/mol. The van der Waals surface area contributed by atoms with E-state index in [0.717, 1.165) is 0 Å². The Hall–Kier alpha value is -2.00. The average molecular weight is 268 g/mol. The molecule has 2 N–H and O–H groups in total. The van der Waals surface area contributed by atoms with Gasteiger partial charge in [0.05, 0.1) is 12.3 Å². The second-order valence-electron chi connectivity index (χ2n) is 4.59. The van der Waals surface area contributed by atoms with Crippen molar-refractivity contribution in [2.45, 2.75) is 25.6 Å². The number of H-pyrrole nitrogens is 1. The molecule has 1 unspecified atom stereocenters. The van der Waals surface area contributed by atoms with Gasteiger partial charge in [0.25, 0.3) is 0 Å². The molecular formula is C13H11F3N2O. The third-order valence-electron chi connectivity index (χ3n) is 3.13. The summed E-state index contributed by atoms with van der Waals surface area (Å²) < 4.78 is 38.3. The number of rotatable bonds is 1. The Morgan fingerprint density at radius 1 is 1.26 bits per heavy atom. The van der Waals surface area contributed by atoms with Crippen LogP contribution in [0.15, 0.2) is 18.2 Å². The fraction of sp³-hybridized carbons (Fsp3) is 0.308. The lowest BCUT2D eigenvalue weighted by atomic mass is 10.0. The van der Waals surface area contributed by atoms with Gasteiger partial charge in [-0.25, -0.2) is 4.85 Å². The Balaban J connectivity index is 2.64. The SMILES string of the molecule is [C-]#[N+]c1cc2cc(C(C)(O)C(F)(F)F)[nH]c2cc1C. The van der Waals surface area contributed by atoms with Crippen molar-refractivity contribution < 1.29 is 18.3 Å². The summed E-state index contributed by atoms with van der Waals surface area (Å²) in [4.78, 5) is 5.85. The lowest BCUT2D eigenvalue weighted by Crippen LogP contribution is -2.39. The van der Waals surface area contributed by atoms with Gasteiger partial charge in [0.15, 0.2) is 11.3 Å². The van der Waals surface area contributed by atoms with Crippen molar-refractivity contribution >= 4 is 16.6 Å². The number of aryl methyl sites for hydroxylation is 1. The van der Waals surface area contributed by atoms with E-state index in [1.54, 1.807) is 13.0 Å². The van der Waals surface area contributed by atoms with E-state index in [2.05, 4.69) is 9.83 Å². The van der Waals surface area contributed by atoms with Gasteiger partial charge in [0, 0.05) is 5.52 Å². The van der Waals surface area contributed by atoms with Gasteiger partial charge in [-0.3, -0.25) is 0 Å². The first-order valence-corrected chi connectivity index (χ1v) is 5.47. The first-order chi connectivity index (χ1) is 8.66. The second-order valence-corrected chi connectivity index (χ2v) is 4.59. The van der Waals surface area contributed by atoms with Crippen LogP contribution in [0.2, 0.25) is 0 Å². The molecule has 0 saturated carbocycles. The molecule has 1 atom stereocenters. The highest BCUT2D eigenvalue weighted by atomic mass is 19.4. The highest BCUT2D eigenvalue weighted by Crippen LogP contribution is 2.39. The van der Waals surface area contributed by atoms with E-state index in [1.807, 2.05) is 0 Å². The van der Waals surface area contributed by atoms with Crippen LogP contribution in [0.4, 0.5) is 18.9 Å². The molecule has 0 aliphatic rings. The van der Waals surface area contributed by atoms with Crippen LogP contribution in [-0.2, 0) is 5.60 Å². The van der Waals surface area contributed by atoms with Gasteiger partial charge in [-0.1, -0.05) is 0 Å². The van der Waals surface area contributed by atoms with Gasteiger partial charge in [0.2, 0.25) is 0 Å². The van der Waals surface area contributed by atoms with Crippen LogP contribution >= 0.6 is 0 Å². The van der Waals surface area contributed by atoms with Crippen LogP contribution in [-0.4, -0.2) is 16.3 Å². The molecule has 3 nitrogen and oxygen atoms in total. The fourth-order valence-electron chi connectivity index (χ4n) is 1.81. The van der Waals surface area contributed by atoms with Gasteiger partial charge in [-0.05, 0) is 43.0 Å². The zero-order valence-corrected chi connectivity index (χ0v) is 10.3. The molecule has 1 heterocycles. The van der Waals surface area contributed by atoms with Crippen LogP contribution in [0.25, 0.3) is 15.7 Å². The predicted molar refractivity (Wildman–Crippen MR) is 64.9 cm³/mol. The van der Waals surface area contributed by atoms with E-state index in [-0.39, 0.29) is 5.69 Å². The number of fused-ring (bicyclic) bond motifs is 1. The van der Waals surface area contributed by atoms with Crippen molar-refractivity contribution in [2.75, 3.05) is 0 Å². The molecule has 0 spiro atoms. The van der Waals surface area contributed by atoms with Gasteiger partial charge in [0.1, 0.15) is 0 Å². The lowest BCUT2D eigenvalue weighted by molar-refractivity contribution is -0.260. The number of aromatic nitrogens is 1. The van der Waals surface area contributed by atoms with E-state index in [1.165, 1.54) is 12.1 Å². The number of benzene rings is 1. The predicted octanol–water partition coefficient (Wildman–Crippen LogP) is 3.80. The number of aromatic amines is 1. The smallest absolute Gasteiger partial charge is 0.375 e. The summed E-state index contributed by atoms with van der Waals surface area (Å²) in [6.07, 6.45) is -4.77. The van der Waals surface area contributed by atoms with Crippen LogP contribution < -0.4 is 0 Å². The summed E-state index contributed by atoms with van der Waals surface area (Å²) >= 11 is 0. The van der Waals surface area contributed by atoms with Crippen molar-refractivity contribution in [3.05, 3.63) is 40.9 Å². The van der Waals surface area contributed by atoms with E-state index < -0.39 is 11.8 Å². The summed E-state index contributed by atoms with van der Waals surface area (Å²) in [5, 5.41) is 10.1. The Labute approximate surface area is 107 Å². The first-order valence-electron chi connectivity index (χ1n) is 5.47. The molecule has 0 fully saturated rings. The van der Waals surface area contributed by atoms with Crippen molar-refractivity contribution in [3.8, 4) is 0 Å². The van der Waals surface area contributed by atoms with E-state index >= 15 is 0 Å². The molecule has 0 radical (unpaired) electrons. The molecule has 0 amide bonds. The minimum atomic E-state index is -4.77. The molecule has 0 aliphatic carbocycles. The van der Waals surface area contributed by atoms with Crippen LogP contribution in [0.3, 0.4) is 0 Å². The fourth-order valence-corrected chi connectivity index (χ4v) is 1.81. The molecule has 0 aliphatic heterocycles. The Kier molecular flexibility index (Phi) is 2.83. The van der Waals surface area contributed by atoms with Crippen LogP contribution in [0.1, 0.15) is 18.2 Å². The first kappa shape index (κ1) is 13.4.